The Morgan fingerprint density at radius 2 is 2.38 bits per heavy atom. The number of ether oxygens (including phenoxy) is 2. The number of hydrogen-bond donors (Lipinski definition) is 0. The molecular formula is C12H14BClO2. The number of benzene rings is 1. The molecule has 4 heteroatoms. The molecule has 1 aliphatic rings. The maximum Gasteiger partial charge on any atom is 0.116 e. The summed E-state index contributed by atoms with van der Waals surface area (Å²) in [5.41, 5.74) is 1.59. The molecule has 1 saturated heterocycles. The quantitative estimate of drug-likeness (QED) is 0.576. The highest BCUT2D eigenvalue weighted by atomic mass is 35.5. The predicted octanol–water partition coefficient (Wildman–Crippen LogP) is 2.00. The van der Waals surface area contributed by atoms with Crippen molar-refractivity contribution in [3.05, 3.63) is 28.8 Å². The average Bonchev–Trinajstić information content (AvgIpc) is 3.08. The van der Waals surface area contributed by atoms with Crippen molar-refractivity contribution in [3.8, 4) is 0 Å². The van der Waals surface area contributed by atoms with Gasteiger partial charge in [-0.2, -0.15) is 0 Å². The molecule has 84 valence electrons. The summed E-state index contributed by atoms with van der Waals surface area (Å²) < 4.78 is 10.9. The van der Waals surface area contributed by atoms with Gasteiger partial charge in [-0.1, -0.05) is 36.1 Å². The first-order valence-electron chi connectivity index (χ1n) is 5.49. The van der Waals surface area contributed by atoms with E-state index >= 15 is 0 Å². The topological polar surface area (TPSA) is 21.8 Å². The molecule has 0 spiro atoms. The van der Waals surface area contributed by atoms with Gasteiger partial charge in [0.05, 0.1) is 19.3 Å². The molecule has 0 amide bonds. The molecule has 2 radical (unpaired) electrons. The largest absolute Gasteiger partial charge is 0.371 e. The van der Waals surface area contributed by atoms with Gasteiger partial charge in [0.25, 0.3) is 0 Å². The molecule has 0 N–H and O–H groups in total. The zero-order valence-corrected chi connectivity index (χ0v) is 10.0. The van der Waals surface area contributed by atoms with Crippen LogP contribution in [0.4, 0.5) is 0 Å². The Balaban J connectivity index is 2.08. The van der Waals surface area contributed by atoms with Crippen molar-refractivity contribution >= 4 is 24.9 Å². The molecule has 1 heterocycles. The second kappa shape index (κ2) is 5.22. The second-order valence-electron chi connectivity index (χ2n) is 3.93. The fraction of sp³-hybridized carbons (Fsp3) is 0.500. The first-order chi connectivity index (χ1) is 7.72. The fourth-order valence-corrected chi connectivity index (χ4v) is 1.83. The van der Waals surface area contributed by atoms with E-state index in [1.54, 1.807) is 6.07 Å². The van der Waals surface area contributed by atoms with Crippen LogP contribution in [0.1, 0.15) is 25.0 Å². The van der Waals surface area contributed by atoms with Gasteiger partial charge >= 0.3 is 0 Å². The third-order valence-electron chi connectivity index (χ3n) is 2.69. The lowest BCUT2D eigenvalue weighted by Crippen LogP contribution is -2.18. The molecule has 0 aromatic heterocycles. The zero-order valence-electron chi connectivity index (χ0n) is 9.28. The van der Waals surface area contributed by atoms with Crippen LogP contribution >= 0.6 is 11.6 Å². The number of hydrogen-bond acceptors (Lipinski definition) is 2. The highest BCUT2D eigenvalue weighted by Gasteiger charge is 2.24. The fourth-order valence-electron chi connectivity index (χ4n) is 1.65. The number of rotatable bonds is 5. The van der Waals surface area contributed by atoms with E-state index in [1.807, 2.05) is 12.1 Å². The van der Waals surface area contributed by atoms with Crippen LogP contribution in [0.3, 0.4) is 0 Å². The van der Waals surface area contributed by atoms with Gasteiger partial charge in [0, 0.05) is 5.02 Å². The van der Waals surface area contributed by atoms with Gasteiger partial charge in [-0.05, 0) is 18.1 Å². The monoisotopic (exact) mass is 236 g/mol. The number of halogens is 1. The summed E-state index contributed by atoms with van der Waals surface area (Å²) >= 11 is 5.98. The molecule has 1 fully saturated rings. The molecule has 0 aliphatic carbocycles. The van der Waals surface area contributed by atoms with Gasteiger partial charge in [0.15, 0.2) is 0 Å². The molecule has 1 aliphatic heterocycles. The van der Waals surface area contributed by atoms with Crippen LogP contribution < -0.4 is 5.46 Å². The average molecular weight is 237 g/mol. The van der Waals surface area contributed by atoms with E-state index in [1.165, 1.54) is 0 Å². The molecule has 0 unspecified atom stereocenters. The molecule has 0 saturated carbocycles. The van der Waals surface area contributed by atoms with Crippen molar-refractivity contribution in [2.75, 3.05) is 13.2 Å². The van der Waals surface area contributed by atoms with Gasteiger partial charge in [-0.3, -0.25) is 0 Å². The van der Waals surface area contributed by atoms with Crippen LogP contribution in [-0.4, -0.2) is 27.2 Å². The molecule has 1 aromatic rings. The summed E-state index contributed by atoms with van der Waals surface area (Å²) in [5.74, 6) is 0. The Kier molecular flexibility index (Phi) is 3.90. The van der Waals surface area contributed by atoms with Gasteiger partial charge in [-0.15, -0.1) is 0 Å². The first kappa shape index (κ1) is 12.0. The summed E-state index contributed by atoms with van der Waals surface area (Å²) in [4.78, 5) is 0. The smallest absolute Gasteiger partial charge is 0.116 e. The van der Waals surface area contributed by atoms with Crippen LogP contribution in [0.2, 0.25) is 5.02 Å². The van der Waals surface area contributed by atoms with E-state index in [4.69, 9.17) is 28.9 Å². The molecule has 2 nitrogen and oxygen atoms in total. The summed E-state index contributed by atoms with van der Waals surface area (Å²) in [6.45, 7) is 3.50. The minimum atomic E-state index is 0.00269. The van der Waals surface area contributed by atoms with Crippen molar-refractivity contribution in [1.82, 2.24) is 0 Å². The standard InChI is InChI=1S/C12H14BClO2/c1-2-11(16-7-8-6-15-8)9-4-3-5-10(14)12(9)13/h3-5,8,11H,2,6-7H2,1H3/t8-,11-/m1/s1. The molecule has 2 atom stereocenters. The van der Waals surface area contributed by atoms with E-state index in [9.17, 15) is 0 Å². The van der Waals surface area contributed by atoms with Crippen LogP contribution in [0.25, 0.3) is 0 Å². The Morgan fingerprint density at radius 3 is 3.00 bits per heavy atom. The number of epoxide rings is 1. The lowest BCUT2D eigenvalue weighted by molar-refractivity contribution is 0.0401. The van der Waals surface area contributed by atoms with Crippen molar-refractivity contribution in [3.63, 3.8) is 0 Å². The van der Waals surface area contributed by atoms with Gasteiger partial charge in [-0.25, -0.2) is 0 Å². The normalized spacial score (nSPS) is 20.8. The summed E-state index contributed by atoms with van der Waals surface area (Å²) in [7, 11) is 5.94. The minimum Gasteiger partial charge on any atom is -0.371 e. The minimum absolute atomic E-state index is 0.00269. The molecule has 16 heavy (non-hydrogen) atoms. The first-order valence-corrected chi connectivity index (χ1v) is 5.87. The van der Waals surface area contributed by atoms with Crippen LogP contribution in [0, 0.1) is 0 Å². The van der Waals surface area contributed by atoms with Gasteiger partial charge < -0.3 is 9.47 Å². The Labute approximate surface area is 102 Å². The van der Waals surface area contributed by atoms with Crippen molar-refractivity contribution in [2.45, 2.75) is 25.6 Å². The SMILES string of the molecule is [B]c1c(Cl)cccc1[C@@H](CC)OC[C@H]1CO1. The summed E-state index contributed by atoms with van der Waals surface area (Å²) in [6, 6.07) is 5.65. The molecule has 1 aromatic carbocycles. The van der Waals surface area contributed by atoms with Crippen molar-refractivity contribution in [1.29, 1.82) is 0 Å². The van der Waals surface area contributed by atoms with Crippen molar-refractivity contribution < 1.29 is 9.47 Å². The van der Waals surface area contributed by atoms with E-state index < -0.39 is 0 Å². The molecule has 0 bridgehead atoms. The van der Waals surface area contributed by atoms with Crippen molar-refractivity contribution in [2.24, 2.45) is 0 Å². The molecule has 2 rings (SSSR count). The molecular weight excluding hydrogens is 222 g/mol. The lowest BCUT2D eigenvalue weighted by atomic mass is 9.87. The summed E-state index contributed by atoms with van der Waals surface area (Å²) in [5, 5.41) is 0.585. The van der Waals surface area contributed by atoms with Crippen LogP contribution in [0.5, 0.6) is 0 Å². The Morgan fingerprint density at radius 1 is 1.62 bits per heavy atom. The van der Waals surface area contributed by atoms with E-state index in [-0.39, 0.29) is 12.2 Å². The maximum absolute atomic E-state index is 5.98. The van der Waals surface area contributed by atoms with Crippen LogP contribution in [-0.2, 0) is 9.47 Å². The highest BCUT2D eigenvalue weighted by Crippen LogP contribution is 2.23. The predicted molar refractivity (Wildman–Crippen MR) is 65.6 cm³/mol. The highest BCUT2D eigenvalue weighted by molar-refractivity contribution is 6.45. The second-order valence-corrected chi connectivity index (χ2v) is 4.34. The zero-order chi connectivity index (χ0) is 11.5. The summed E-state index contributed by atoms with van der Waals surface area (Å²) in [6.07, 6.45) is 1.15. The lowest BCUT2D eigenvalue weighted by Gasteiger charge is -2.19. The Bertz CT molecular complexity index is 366. The third-order valence-corrected chi connectivity index (χ3v) is 3.02. The third kappa shape index (κ3) is 2.79. The van der Waals surface area contributed by atoms with Gasteiger partial charge in [0.2, 0.25) is 0 Å². The maximum atomic E-state index is 5.98. The Hall–Kier alpha value is -0.505. The van der Waals surface area contributed by atoms with E-state index in [2.05, 4.69) is 6.92 Å². The van der Waals surface area contributed by atoms with Crippen LogP contribution in [0.15, 0.2) is 18.2 Å². The van der Waals surface area contributed by atoms with E-state index in [0.29, 0.717) is 17.1 Å². The van der Waals surface area contributed by atoms with Gasteiger partial charge in [0.1, 0.15) is 14.0 Å². The van der Waals surface area contributed by atoms with E-state index in [0.717, 1.165) is 18.6 Å².